The van der Waals surface area contributed by atoms with Crippen LogP contribution in [0.2, 0.25) is 0 Å². The van der Waals surface area contributed by atoms with Crippen LogP contribution in [0.25, 0.3) is 0 Å². The van der Waals surface area contributed by atoms with Gasteiger partial charge in [-0.1, -0.05) is 0 Å². The normalized spacial score (nSPS) is 11.9. The van der Waals surface area contributed by atoms with Gasteiger partial charge in [-0.25, -0.2) is 18.1 Å². The Hall–Kier alpha value is -1.29. The molecular formula is C10H15N5O2S2. The van der Waals surface area contributed by atoms with E-state index in [4.69, 9.17) is 0 Å². The first-order valence-corrected chi connectivity index (χ1v) is 7.94. The third kappa shape index (κ3) is 3.38. The summed E-state index contributed by atoms with van der Waals surface area (Å²) >= 11 is 1.41. The molecule has 19 heavy (non-hydrogen) atoms. The number of sulfonamides is 1. The van der Waals surface area contributed by atoms with E-state index in [1.807, 2.05) is 0 Å². The average molecular weight is 301 g/mol. The van der Waals surface area contributed by atoms with E-state index >= 15 is 0 Å². The van der Waals surface area contributed by atoms with E-state index in [0.717, 1.165) is 4.88 Å². The van der Waals surface area contributed by atoms with Gasteiger partial charge in [0.25, 0.3) is 0 Å². The predicted octanol–water partition coefficient (Wildman–Crippen LogP) is 0.0745. The Morgan fingerprint density at radius 3 is 2.84 bits per heavy atom. The summed E-state index contributed by atoms with van der Waals surface area (Å²) in [5.74, 6) is 0.441. The standard InChI is InChI=1S/C10H15N5O2S2/c1-11-5-8-9(3-4-18-8)19(16,17)13-6-10-12-7-15(2)14-10/h3-4,7,11,13H,5-6H2,1-2H3. The lowest BCUT2D eigenvalue weighted by Gasteiger charge is -2.06. The van der Waals surface area contributed by atoms with Crippen LogP contribution < -0.4 is 10.0 Å². The van der Waals surface area contributed by atoms with E-state index in [-0.39, 0.29) is 6.54 Å². The Kier molecular flexibility index (Phi) is 4.30. The van der Waals surface area contributed by atoms with E-state index in [9.17, 15) is 8.42 Å². The van der Waals surface area contributed by atoms with Crippen molar-refractivity contribution in [2.75, 3.05) is 7.05 Å². The second-order valence-corrected chi connectivity index (χ2v) is 6.63. The minimum absolute atomic E-state index is 0.0814. The van der Waals surface area contributed by atoms with Crippen LogP contribution in [0.5, 0.6) is 0 Å². The summed E-state index contributed by atoms with van der Waals surface area (Å²) in [6, 6.07) is 1.60. The fraction of sp³-hybridized carbons (Fsp3) is 0.400. The van der Waals surface area contributed by atoms with E-state index in [0.29, 0.717) is 17.3 Å². The van der Waals surface area contributed by atoms with Crippen molar-refractivity contribution in [3.63, 3.8) is 0 Å². The molecule has 0 aliphatic carbocycles. The second-order valence-electron chi connectivity index (χ2n) is 3.90. The zero-order valence-corrected chi connectivity index (χ0v) is 12.3. The molecule has 0 bridgehead atoms. The fourth-order valence-electron chi connectivity index (χ4n) is 1.56. The van der Waals surface area contributed by atoms with Crippen molar-refractivity contribution in [1.82, 2.24) is 24.8 Å². The Morgan fingerprint density at radius 1 is 1.42 bits per heavy atom. The highest BCUT2D eigenvalue weighted by atomic mass is 32.2. The highest BCUT2D eigenvalue weighted by Crippen LogP contribution is 2.21. The molecule has 2 aromatic rings. The quantitative estimate of drug-likeness (QED) is 0.788. The van der Waals surface area contributed by atoms with E-state index < -0.39 is 10.0 Å². The van der Waals surface area contributed by atoms with Crippen molar-refractivity contribution in [3.8, 4) is 0 Å². The van der Waals surface area contributed by atoms with Crippen LogP contribution in [-0.4, -0.2) is 30.2 Å². The van der Waals surface area contributed by atoms with Crippen molar-refractivity contribution in [3.05, 3.63) is 28.5 Å². The van der Waals surface area contributed by atoms with E-state index in [1.165, 1.54) is 22.3 Å². The molecule has 0 fully saturated rings. The molecule has 9 heteroatoms. The molecule has 0 radical (unpaired) electrons. The number of hydrogen-bond donors (Lipinski definition) is 2. The number of rotatable bonds is 6. The van der Waals surface area contributed by atoms with Gasteiger partial charge in [0.1, 0.15) is 6.33 Å². The summed E-state index contributed by atoms with van der Waals surface area (Å²) in [5.41, 5.74) is 0. The van der Waals surface area contributed by atoms with Crippen molar-refractivity contribution in [2.45, 2.75) is 18.0 Å². The first kappa shape index (κ1) is 14.1. The van der Waals surface area contributed by atoms with Crippen LogP contribution in [0.3, 0.4) is 0 Å². The van der Waals surface area contributed by atoms with Crippen LogP contribution in [0.1, 0.15) is 10.7 Å². The summed E-state index contributed by atoms with van der Waals surface area (Å²) in [7, 11) is -0.0174. The second kappa shape index (κ2) is 5.78. The molecule has 0 aliphatic heterocycles. The summed E-state index contributed by atoms with van der Waals surface area (Å²) in [4.78, 5) is 5.06. The largest absolute Gasteiger partial charge is 0.315 e. The van der Waals surface area contributed by atoms with Gasteiger partial charge in [-0.15, -0.1) is 11.3 Å². The molecule has 0 unspecified atom stereocenters. The van der Waals surface area contributed by atoms with Crippen molar-refractivity contribution in [1.29, 1.82) is 0 Å². The monoisotopic (exact) mass is 301 g/mol. The van der Waals surface area contributed by atoms with Gasteiger partial charge >= 0.3 is 0 Å². The molecule has 0 aliphatic rings. The van der Waals surface area contributed by atoms with Crippen molar-refractivity contribution < 1.29 is 8.42 Å². The molecule has 0 saturated heterocycles. The van der Waals surface area contributed by atoms with Gasteiger partial charge in [-0.3, -0.25) is 4.68 Å². The molecule has 7 nitrogen and oxygen atoms in total. The maximum atomic E-state index is 12.2. The summed E-state index contributed by atoms with van der Waals surface area (Å²) in [5, 5.41) is 8.74. The van der Waals surface area contributed by atoms with E-state index in [1.54, 1.807) is 25.5 Å². The summed E-state index contributed by atoms with van der Waals surface area (Å²) < 4.78 is 28.4. The van der Waals surface area contributed by atoms with Gasteiger partial charge in [-0.05, 0) is 18.5 Å². The van der Waals surface area contributed by atoms with Gasteiger partial charge < -0.3 is 5.32 Å². The molecule has 0 saturated carbocycles. The van der Waals surface area contributed by atoms with Crippen LogP contribution >= 0.6 is 11.3 Å². The molecule has 0 amide bonds. The minimum Gasteiger partial charge on any atom is -0.315 e. The van der Waals surface area contributed by atoms with E-state index in [2.05, 4.69) is 20.1 Å². The molecule has 2 rings (SSSR count). The summed E-state index contributed by atoms with van der Waals surface area (Å²) in [6.07, 6.45) is 1.53. The third-order valence-electron chi connectivity index (χ3n) is 2.40. The Morgan fingerprint density at radius 2 is 2.21 bits per heavy atom. The lowest BCUT2D eigenvalue weighted by molar-refractivity contribution is 0.577. The number of hydrogen-bond acceptors (Lipinski definition) is 6. The highest BCUT2D eigenvalue weighted by Gasteiger charge is 2.19. The van der Waals surface area contributed by atoms with Gasteiger partial charge in [0.2, 0.25) is 10.0 Å². The Bertz CT molecular complexity index is 646. The lowest BCUT2D eigenvalue weighted by Crippen LogP contribution is -2.25. The number of aromatic nitrogens is 3. The maximum absolute atomic E-state index is 12.2. The fourth-order valence-corrected chi connectivity index (χ4v) is 3.99. The number of thiophene rings is 1. The summed E-state index contributed by atoms with van der Waals surface area (Å²) in [6.45, 7) is 0.605. The van der Waals surface area contributed by atoms with Gasteiger partial charge in [0, 0.05) is 18.5 Å². The molecule has 0 spiro atoms. The van der Waals surface area contributed by atoms with Gasteiger partial charge in [0.05, 0.1) is 11.4 Å². The molecule has 104 valence electrons. The van der Waals surface area contributed by atoms with Crippen LogP contribution in [-0.2, 0) is 30.2 Å². The zero-order chi connectivity index (χ0) is 13.9. The third-order valence-corrected chi connectivity index (χ3v) is 4.93. The zero-order valence-electron chi connectivity index (χ0n) is 10.6. The van der Waals surface area contributed by atoms with Gasteiger partial charge in [0.15, 0.2) is 5.82 Å². The minimum atomic E-state index is -3.53. The maximum Gasteiger partial charge on any atom is 0.242 e. The molecule has 0 aromatic carbocycles. The Labute approximate surface area is 115 Å². The Balaban J connectivity index is 2.11. The van der Waals surface area contributed by atoms with Crippen molar-refractivity contribution >= 4 is 21.4 Å². The first-order valence-electron chi connectivity index (χ1n) is 5.58. The molecule has 2 heterocycles. The van der Waals surface area contributed by atoms with Crippen molar-refractivity contribution in [2.24, 2.45) is 7.05 Å². The SMILES string of the molecule is CNCc1sccc1S(=O)(=O)NCc1ncn(C)n1. The molecule has 2 aromatic heterocycles. The molecule has 0 atom stereocenters. The van der Waals surface area contributed by atoms with Crippen LogP contribution in [0.15, 0.2) is 22.7 Å². The topological polar surface area (TPSA) is 88.9 Å². The predicted molar refractivity (Wildman–Crippen MR) is 72.1 cm³/mol. The highest BCUT2D eigenvalue weighted by molar-refractivity contribution is 7.89. The van der Waals surface area contributed by atoms with Gasteiger partial charge in [-0.2, -0.15) is 5.10 Å². The number of nitrogens with zero attached hydrogens (tertiary/aromatic N) is 3. The molecular weight excluding hydrogens is 286 g/mol. The van der Waals surface area contributed by atoms with Crippen LogP contribution in [0, 0.1) is 0 Å². The average Bonchev–Trinajstić information content (AvgIpc) is 2.97. The smallest absolute Gasteiger partial charge is 0.242 e. The molecule has 2 N–H and O–H groups in total. The van der Waals surface area contributed by atoms with Crippen LogP contribution in [0.4, 0.5) is 0 Å². The number of aryl methyl sites for hydroxylation is 1. The lowest BCUT2D eigenvalue weighted by atomic mass is 10.5. The first-order chi connectivity index (χ1) is 9.03. The number of nitrogens with one attached hydrogen (secondary N) is 2.